The number of carbonyl (C=O) groups excluding carboxylic acids is 3. The molecule has 7 heteroatoms. The third kappa shape index (κ3) is 2.91. The third-order valence-electron chi connectivity index (χ3n) is 3.33. The molecule has 0 aromatic rings. The quantitative estimate of drug-likeness (QED) is 0.327. The summed E-state index contributed by atoms with van der Waals surface area (Å²) in [6.45, 7) is 3.22. The van der Waals surface area contributed by atoms with Crippen molar-refractivity contribution in [2.75, 3.05) is 14.2 Å². The standard InChI is InChI=1S/C12H19N3O4/c1-5-13-14-10(17)12(6-7-12)11(18)15(3)8(2)9(16)19-4/h5,8H,6-7H2,1-4H3,(H,14,17)/b13-5+/t8-/m1/s1. The molecule has 0 aromatic heterocycles. The van der Waals surface area contributed by atoms with E-state index in [1.807, 2.05) is 0 Å². The van der Waals surface area contributed by atoms with Crippen LogP contribution in [0.2, 0.25) is 0 Å². The van der Waals surface area contributed by atoms with Crippen molar-refractivity contribution in [1.29, 1.82) is 0 Å². The van der Waals surface area contributed by atoms with Crippen molar-refractivity contribution in [2.45, 2.75) is 32.7 Å². The Hall–Kier alpha value is -1.92. The number of hydrogen-bond acceptors (Lipinski definition) is 5. The van der Waals surface area contributed by atoms with Crippen LogP contribution in [0.15, 0.2) is 5.10 Å². The molecule has 0 radical (unpaired) electrons. The van der Waals surface area contributed by atoms with Gasteiger partial charge in [-0.15, -0.1) is 0 Å². The summed E-state index contributed by atoms with van der Waals surface area (Å²) in [5.41, 5.74) is 1.24. The molecule has 0 heterocycles. The molecule has 1 fully saturated rings. The zero-order valence-electron chi connectivity index (χ0n) is 11.6. The summed E-state index contributed by atoms with van der Waals surface area (Å²) in [5, 5.41) is 3.63. The van der Waals surface area contributed by atoms with Gasteiger partial charge in [0, 0.05) is 13.3 Å². The van der Waals surface area contributed by atoms with Crippen molar-refractivity contribution in [1.82, 2.24) is 10.3 Å². The maximum atomic E-state index is 12.3. The first-order valence-electron chi connectivity index (χ1n) is 6.04. The minimum absolute atomic E-state index is 0.380. The van der Waals surface area contributed by atoms with Crippen LogP contribution in [0, 0.1) is 5.41 Å². The van der Waals surface area contributed by atoms with Crippen LogP contribution in [0.1, 0.15) is 26.7 Å². The molecule has 2 amide bonds. The van der Waals surface area contributed by atoms with Gasteiger partial charge in [0.05, 0.1) is 7.11 Å². The Labute approximate surface area is 112 Å². The van der Waals surface area contributed by atoms with Crippen molar-refractivity contribution < 1.29 is 19.1 Å². The van der Waals surface area contributed by atoms with E-state index >= 15 is 0 Å². The smallest absolute Gasteiger partial charge is 0.328 e. The molecule has 1 aliphatic rings. The van der Waals surface area contributed by atoms with E-state index in [1.165, 1.54) is 25.3 Å². The second-order valence-electron chi connectivity index (χ2n) is 4.53. The second kappa shape index (κ2) is 5.81. The molecule has 0 bridgehead atoms. The Bertz CT molecular complexity index is 415. The van der Waals surface area contributed by atoms with E-state index < -0.39 is 23.3 Å². The third-order valence-corrected chi connectivity index (χ3v) is 3.33. The largest absolute Gasteiger partial charge is 0.467 e. The predicted molar refractivity (Wildman–Crippen MR) is 68.2 cm³/mol. The monoisotopic (exact) mass is 269 g/mol. The molecule has 0 unspecified atom stereocenters. The number of rotatable bonds is 5. The number of methoxy groups -OCH3 is 1. The van der Waals surface area contributed by atoms with Crippen molar-refractivity contribution in [3.05, 3.63) is 0 Å². The van der Waals surface area contributed by atoms with Gasteiger partial charge in [0.1, 0.15) is 11.5 Å². The number of hydrazone groups is 1. The Morgan fingerprint density at radius 1 is 1.42 bits per heavy atom. The minimum Gasteiger partial charge on any atom is -0.467 e. The zero-order valence-corrected chi connectivity index (χ0v) is 11.6. The van der Waals surface area contributed by atoms with Crippen LogP contribution in [0.25, 0.3) is 0 Å². The van der Waals surface area contributed by atoms with Crippen LogP contribution < -0.4 is 5.43 Å². The number of likely N-dealkylation sites (N-methyl/N-ethyl adjacent to an activating group) is 1. The van der Waals surface area contributed by atoms with Crippen molar-refractivity contribution in [2.24, 2.45) is 10.5 Å². The average molecular weight is 269 g/mol. The van der Waals surface area contributed by atoms with Gasteiger partial charge in [-0.3, -0.25) is 9.59 Å². The van der Waals surface area contributed by atoms with E-state index in [9.17, 15) is 14.4 Å². The zero-order chi connectivity index (χ0) is 14.6. The highest BCUT2D eigenvalue weighted by Crippen LogP contribution is 2.47. The topological polar surface area (TPSA) is 88.1 Å². The van der Waals surface area contributed by atoms with Crippen LogP contribution in [-0.4, -0.2) is 49.1 Å². The molecule has 0 saturated heterocycles. The summed E-state index contributed by atoms with van der Waals surface area (Å²) in [7, 11) is 2.74. The fourth-order valence-corrected chi connectivity index (χ4v) is 1.74. The first kappa shape index (κ1) is 15.1. The Kier molecular flexibility index (Phi) is 4.63. The number of amides is 2. The molecule has 106 valence electrons. The van der Waals surface area contributed by atoms with Crippen molar-refractivity contribution in [3.63, 3.8) is 0 Å². The summed E-state index contributed by atoms with van der Waals surface area (Å²) >= 11 is 0. The van der Waals surface area contributed by atoms with Crippen LogP contribution in [0.3, 0.4) is 0 Å². The molecule has 1 atom stereocenters. The van der Waals surface area contributed by atoms with Gasteiger partial charge in [0.15, 0.2) is 0 Å². The Morgan fingerprint density at radius 2 is 2.00 bits per heavy atom. The molecule has 1 rings (SSSR count). The maximum absolute atomic E-state index is 12.3. The van der Waals surface area contributed by atoms with Gasteiger partial charge in [-0.25, -0.2) is 10.2 Å². The first-order chi connectivity index (χ1) is 8.90. The number of hydrogen-bond donors (Lipinski definition) is 1. The summed E-state index contributed by atoms with van der Waals surface area (Å²) in [6, 6.07) is -0.725. The van der Waals surface area contributed by atoms with Gasteiger partial charge in [-0.2, -0.15) is 5.10 Å². The SMILES string of the molecule is C/C=N/NC(=O)C1(C(=O)N(C)[C@H](C)C(=O)OC)CC1. The lowest BCUT2D eigenvalue weighted by Crippen LogP contribution is -2.48. The van der Waals surface area contributed by atoms with Gasteiger partial charge >= 0.3 is 5.97 Å². The van der Waals surface area contributed by atoms with Crippen LogP contribution in [-0.2, 0) is 19.1 Å². The number of nitrogens with one attached hydrogen (secondary N) is 1. The van der Waals surface area contributed by atoms with E-state index in [2.05, 4.69) is 15.3 Å². The van der Waals surface area contributed by atoms with E-state index in [-0.39, 0.29) is 5.91 Å². The molecule has 19 heavy (non-hydrogen) atoms. The lowest BCUT2D eigenvalue weighted by molar-refractivity contribution is -0.155. The minimum atomic E-state index is -1.08. The molecular weight excluding hydrogens is 250 g/mol. The predicted octanol–water partition coefficient (Wildman–Crippen LogP) is -0.0916. The fraction of sp³-hybridized carbons (Fsp3) is 0.667. The summed E-state index contributed by atoms with van der Waals surface area (Å²) < 4.78 is 4.58. The van der Waals surface area contributed by atoms with E-state index in [0.29, 0.717) is 12.8 Å². The summed E-state index contributed by atoms with van der Waals surface area (Å²) in [4.78, 5) is 36.9. The molecule has 1 aliphatic carbocycles. The number of nitrogens with zero attached hydrogens (tertiary/aromatic N) is 2. The summed E-state index contributed by atoms with van der Waals surface area (Å²) in [6.07, 6.45) is 2.36. The average Bonchev–Trinajstić information content (AvgIpc) is 3.22. The highest BCUT2D eigenvalue weighted by atomic mass is 16.5. The molecule has 0 aliphatic heterocycles. The number of carbonyl (C=O) groups is 3. The number of ether oxygens (including phenoxy) is 1. The molecule has 1 saturated carbocycles. The van der Waals surface area contributed by atoms with Gasteiger partial charge in [0.2, 0.25) is 5.91 Å². The normalized spacial score (nSPS) is 17.7. The van der Waals surface area contributed by atoms with Crippen molar-refractivity contribution >= 4 is 24.0 Å². The van der Waals surface area contributed by atoms with Crippen LogP contribution >= 0.6 is 0 Å². The Balaban J connectivity index is 2.76. The van der Waals surface area contributed by atoms with Crippen LogP contribution in [0.5, 0.6) is 0 Å². The lowest BCUT2D eigenvalue weighted by atomic mass is 10.0. The van der Waals surface area contributed by atoms with E-state index in [4.69, 9.17) is 0 Å². The van der Waals surface area contributed by atoms with Crippen LogP contribution in [0.4, 0.5) is 0 Å². The second-order valence-corrected chi connectivity index (χ2v) is 4.53. The molecule has 0 spiro atoms. The lowest BCUT2D eigenvalue weighted by Gasteiger charge is -2.26. The number of esters is 1. The molecule has 1 N–H and O–H groups in total. The molecule has 0 aromatic carbocycles. The maximum Gasteiger partial charge on any atom is 0.328 e. The highest BCUT2D eigenvalue weighted by molar-refractivity contribution is 6.08. The summed E-state index contributed by atoms with van der Waals surface area (Å²) in [5.74, 6) is -1.33. The fourth-order valence-electron chi connectivity index (χ4n) is 1.74. The van der Waals surface area contributed by atoms with Gasteiger partial charge in [-0.05, 0) is 26.7 Å². The van der Waals surface area contributed by atoms with Gasteiger partial charge in [-0.1, -0.05) is 0 Å². The van der Waals surface area contributed by atoms with E-state index in [1.54, 1.807) is 13.8 Å². The van der Waals surface area contributed by atoms with Gasteiger partial charge < -0.3 is 9.64 Å². The Morgan fingerprint density at radius 3 is 2.42 bits per heavy atom. The van der Waals surface area contributed by atoms with Crippen molar-refractivity contribution in [3.8, 4) is 0 Å². The molecule has 7 nitrogen and oxygen atoms in total. The van der Waals surface area contributed by atoms with E-state index in [0.717, 1.165) is 0 Å². The first-order valence-corrected chi connectivity index (χ1v) is 6.04. The highest BCUT2D eigenvalue weighted by Gasteiger charge is 2.58. The molecular formula is C12H19N3O4. The van der Waals surface area contributed by atoms with Gasteiger partial charge in [0.25, 0.3) is 5.91 Å².